The predicted octanol–water partition coefficient (Wildman–Crippen LogP) is 3.89. The minimum Gasteiger partial charge on any atom is -0.490 e. The summed E-state index contributed by atoms with van der Waals surface area (Å²) in [6.07, 6.45) is 0. The fourth-order valence-corrected chi connectivity index (χ4v) is 3.87. The first-order valence-corrected chi connectivity index (χ1v) is 10.5. The number of hydrogen-bond acceptors (Lipinski definition) is 5. The van der Waals surface area contributed by atoms with E-state index in [-0.39, 0.29) is 29.5 Å². The SMILES string of the molecule is CN(c1ccccc1)S(=O)(=O)c1cccc(C(=O)OCCOc2ccc(F)cc2)c1. The summed E-state index contributed by atoms with van der Waals surface area (Å²) >= 11 is 0. The van der Waals surface area contributed by atoms with Crippen molar-refractivity contribution in [2.24, 2.45) is 0 Å². The van der Waals surface area contributed by atoms with Crippen LogP contribution in [0.2, 0.25) is 0 Å². The summed E-state index contributed by atoms with van der Waals surface area (Å²) in [6.45, 7) is 0.0310. The lowest BCUT2D eigenvalue weighted by Gasteiger charge is -2.19. The van der Waals surface area contributed by atoms with Crippen molar-refractivity contribution in [1.29, 1.82) is 0 Å². The van der Waals surface area contributed by atoms with Gasteiger partial charge in [0.05, 0.1) is 16.1 Å². The number of ether oxygens (including phenoxy) is 2. The molecular weight excluding hydrogens is 409 g/mol. The molecule has 3 aromatic rings. The van der Waals surface area contributed by atoms with Crippen LogP contribution in [0.5, 0.6) is 5.75 Å². The number of hydrogen-bond donors (Lipinski definition) is 0. The van der Waals surface area contributed by atoms with E-state index >= 15 is 0 Å². The van der Waals surface area contributed by atoms with E-state index in [0.29, 0.717) is 11.4 Å². The van der Waals surface area contributed by atoms with Crippen molar-refractivity contribution in [3.05, 3.63) is 90.2 Å². The number of benzene rings is 3. The first kappa shape index (κ1) is 21.3. The first-order valence-electron chi connectivity index (χ1n) is 9.07. The maximum absolute atomic E-state index is 12.9. The first-order chi connectivity index (χ1) is 14.4. The van der Waals surface area contributed by atoms with Gasteiger partial charge in [-0.05, 0) is 54.6 Å². The molecule has 0 spiro atoms. The van der Waals surface area contributed by atoms with Crippen LogP contribution in [-0.4, -0.2) is 34.6 Å². The minimum absolute atomic E-state index is 0.0223. The van der Waals surface area contributed by atoms with E-state index in [1.807, 2.05) is 0 Å². The maximum Gasteiger partial charge on any atom is 0.338 e. The highest BCUT2D eigenvalue weighted by molar-refractivity contribution is 7.92. The van der Waals surface area contributed by atoms with Crippen molar-refractivity contribution in [2.45, 2.75) is 4.90 Å². The Hall–Kier alpha value is -3.39. The molecule has 0 bridgehead atoms. The molecule has 0 aliphatic rings. The van der Waals surface area contributed by atoms with Crippen molar-refractivity contribution < 1.29 is 27.1 Å². The van der Waals surface area contributed by atoms with Gasteiger partial charge in [-0.2, -0.15) is 0 Å². The number of sulfonamides is 1. The Bertz CT molecular complexity index is 1100. The minimum atomic E-state index is -3.84. The van der Waals surface area contributed by atoms with Gasteiger partial charge in [0.25, 0.3) is 10.0 Å². The number of esters is 1. The van der Waals surface area contributed by atoms with Gasteiger partial charge in [0.15, 0.2) is 0 Å². The van der Waals surface area contributed by atoms with Gasteiger partial charge in [0, 0.05) is 7.05 Å². The van der Waals surface area contributed by atoms with Crippen molar-refractivity contribution in [3.8, 4) is 5.75 Å². The zero-order valence-corrected chi connectivity index (χ0v) is 17.0. The van der Waals surface area contributed by atoms with Crippen LogP contribution in [0.15, 0.2) is 83.8 Å². The summed E-state index contributed by atoms with van der Waals surface area (Å²) in [7, 11) is -2.40. The summed E-state index contributed by atoms with van der Waals surface area (Å²) in [6, 6.07) is 19.7. The number of carbonyl (C=O) groups is 1. The third-order valence-corrected chi connectivity index (χ3v) is 6.03. The highest BCUT2D eigenvalue weighted by Crippen LogP contribution is 2.22. The van der Waals surface area contributed by atoms with Crippen LogP contribution in [-0.2, 0) is 14.8 Å². The number of para-hydroxylation sites is 1. The molecule has 0 atom stereocenters. The monoisotopic (exact) mass is 429 g/mol. The van der Waals surface area contributed by atoms with Crippen LogP contribution in [0.1, 0.15) is 10.4 Å². The van der Waals surface area contributed by atoms with Gasteiger partial charge in [0.1, 0.15) is 24.8 Å². The van der Waals surface area contributed by atoms with Crippen LogP contribution in [0, 0.1) is 5.82 Å². The largest absolute Gasteiger partial charge is 0.490 e. The van der Waals surface area contributed by atoms with Crippen LogP contribution in [0.3, 0.4) is 0 Å². The van der Waals surface area contributed by atoms with E-state index in [2.05, 4.69) is 0 Å². The van der Waals surface area contributed by atoms with Gasteiger partial charge < -0.3 is 9.47 Å². The van der Waals surface area contributed by atoms with Crippen LogP contribution >= 0.6 is 0 Å². The molecule has 0 saturated heterocycles. The third-order valence-electron chi connectivity index (χ3n) is 4.25. The molecule has 0 N–H and O–H groups in total. The zero-order valence-electron chi connectivity index (χ0n) is 16.2. The van der Waals surface area contributed by atoms with Gasteiger partial charge in [-0.3, -0.25) is 4.31 Å². The Labute approximate surface area is 174 Å². The second-order valence-corrected chi connectivity index (χ2v) is 8.24. The van der Waals surface area contributed by atoms with Crippen LogP contribution in [0.4, 0.5) is 10.1 Å². The second-order valence-electron chi connectivity index (χ2n) is 6.27. The molecular formula is C22H20FNO5S. The van der Waals surface area contributed by atoms with E-state index in [1.165, 1.54) is 55.6 Å². The van der Waals surface area contributed by atoms with Gasteiger partial charge in [-0.15, -0.1) is 0 Å². The topological polar surface area (TPSA) is 72.9 Å². The fourth-order valence-electron chi connectivity index (χ4n) is 2.63. The molecule has 0 unspecified atom stereocenters. The van der Waals surface area contributed by atoms with Crippen molar-refractivity contribution in [3.63, 3.8) is 0 Å². The number of rotatable bonds is 8. The molecule has 0 aromatic heterocycles. The van der Waals surface area contributed by atoms with Crippen molar-refractivity contribution >= 4 is 21.7 Å². The molecule has 3 aromatic carbocycles. The van der Waals surface area contributed by atoms with Gasteiger partial charge in [-0.25, -0.2) is 17.6 Å². The van der Waals surface area contributed by atoms with Gasteiger partial charge in [0.2, 0.25) is 0 Å². The molecule has 0 saturated carbocycles. The lowest BCUT2D eigenvalue weighted by Crippen LogP contribution is -2.26. The lowest BCUT2D eigenvalue weighted by molar-refractivity contribution is 0.0450. The molecule has 0 aliphatic carbocycles. The lowest BCUT2D eigenvalue weighted by atomic mass is 10.2. The van der Waals surface area contributed by atoms with Crippen molar-refractivity contribution in [2.75, 3.05) is 24.6 Å². The summed E-state index contributed by atoms with van der Waals surface area (Å²) < 4.78 is 50.3. The molecule has 156 valence electrons. The quantitative estimate of drug-likeness (QED) is 0.401. The number of nitrogens with zero attached hydrogens (tertiary/aromatic N) is 1. The number of carbonyl (C=O) groups excluding carboxylic acids is 1. The highest BCUT2D eigenvalue weighted by atomic mass is 32.2. The third kappa shape index (κ3) is 5.15. The predicted molar refractivity (Wildman–Crippen MR) is 111 cm³/mol. The molecule has 0 heterocycles. The molecule has 6 nitrogen and oxygen atoms in total. The normalized spacial score (nSPS) is 11.0. The fraction of sp³-hybridized carbons (Fsp3) is 0.136. The number of anilines is 1. The van der Waals surface area contributed by atoms with Crippen molar-refractivity contribution in [1.82, 2.24) is 0 Å². The van der Waals surface area contributed by atoms with E-state index in [1.54, 1.807) is 30.3 Å². The van der Waals surface area contributed by atoms with Gasteiger partial charge in [-0.1, -0.05) is 24.3 Å². The Balaban J connectivity index is 1.62. The second kappa shape index (κ2) is 9.41. The maximum atomic E-state index is 12.9. The van der Waals surface area contributed by atoms with E-state index < -0.39 is 16.0 Å². The molecule has 3 rings (SSSR count). The molecule has 0 radical (unpaired) electrons. The standard InChI is InChI=1S/C22H20FNO5S/c1-24(19-7-3-2-4-8-19)30(26,27)21-9-5-6-17(16-21)22(25)29-15-14-28-20-12-10-18(23)11-13-20/h2-13,16H,14-15H2,1H3. The molecule has 30 heavy (non-hydrogen) atoms. The zero-order chi connectivity index (χ0) is 21.6. The Morgan fingerprint density at radius 3 is 2.33 bits per heavy atom. The summed E-state index contributed by atoms with van der Waals surface area (Å²) in [5, 5.41) is 0. The summed E-state index contributed by atoms with van der Waals surface area (Å²) in [5.41, 5.74) is 0.614. The Morgan fingerprint density at radius 1 is 0.933 bits per heavy atom. The average molecular weight is 429 g/mol. The molecule has 0 aliphatic heterocycles. The Morgan fingerprint density at radius 2 is 1.63 bits per heavy atom. The van der Waals surface area contributed by atoms with E-state index in [9.17, 15) is 17.6 Å². The number of halogens is 1. The van der Waals surface area contributed by atoms with E-state index in [4.69, 9.17) is 9.47 Å². The Kier molecular flexibility index (Phi) is 6.68. The van der Waals surface area contributed by atoms with Gasteiger partial charge >= 0.3 is 5.97 Å². The molecule has 0 fully saturated rings. The summed E-state index contributed by atoms with van der Waals surface area (Å²) in [5.74, 6) is -0.594. The summed E-state index contributed by atoms with van der Waals surface area (Å²) in [4.78, 5) is 12.3. The average Bonchev–Trinajstić information content (AvgIpc) is 2.78. The van der Waals surface area contributed by atoms with Crippen LogP contribution < -0.4 is 9.04 Å². The highest BCUT2D eigenvalue weighted by Gasteiger charge is 2.22. The smallest absolute Gasteiger partial charge is 0.338 e. The van der Waals surface area contributed by atoms with E-state index in [0.717, 1.165) is 4.31 Å². The molecule has 8 heteroatoms. The molecule has 0 amide bonds. The van der Waals surface area contributed by atoms with Crippen LogP contribution in [0.25, 0.3) is 0 Å².